The molecule has 0 spiro atoms. The monoisotopic (exact) mass is 151 g/mol. The summed E-state index contributed by atoms with van der Waals surface area (Å²) < 4.78 is 0. The van der Waals surface area contributed by atoms with E-state index in [0.717, 1.165) is 5.70 Å². The third-order valence-electron chi connectivity index (χ3n) is 1.12. The van der Waals surface area contributed by atoms with Gasteiger partial charge in [-0.2, -0.15) is 0 Å². The Morgan fingerprint density at radius 1 is 1.82 bits per heavy atom. The number of aliphatic hydroxyl groups is 1. The first-order valence-corrected chi connectivity index (χ1v) is 3.29. The molecule has 0 heterocycles. The summed E-state index contributed by atoms with van der Waals surface area (Å²) in [6, 6.07) is 0. The van der Waals surface area contributed by atoms with Crippen molar-refractivity contribution in [2.45, 2.75) is 19.4 Å². The van der Waals surface area contributed by atoms with Gasteiger partial charge < -0.3 is 10.4 Å². The molecule has 0 aliphatic carbocycles. The van der Waals surface area contributed by atoms with Gasteiger partial charge in [0.1, 0.15) is 5.60 Å². The average molecular weight is 151 g/mol. The Morgan fingerprint density at radius 3 is 2.73 bits per heavy atom. The number of terminal acetylenes is 1. The maximum Gasteiger partial charge on any atom is 0.143 e. The van der Waals surface area contributed by atoms with Crippen molar-refractivity contribution in [3.8, 4) is 12.3 Å². The number of rotatable bonds is 3. The third kappa shape index (κ3) is 4.24. The summed E-state index contributed by atoms with van der Waals surface area (Å²) in [4.78, 5) is 0. The van der Waals surface area contributed by atoms with Gasteiger partial charge in [-0.05, 0) is 26.1 Å². The molecule has 0 bridgehead atoms. The van der Waals surface area contributed by atoms with Gasteiger partial charge in [-0.15, -0.1) is 6.42 Å². The molecule has 1 atom stereocenters. The first-order valence-electron chi connectivity index (χ1n) is 3.29. The molecule has 11 heavy (non-hydrogen) atoms. The predicted octanol–water partition coefficient (Wildman–Crippen LogP) is 1.01. The molecule has 0 unspecified atom stereocenters. The molecule has 2 heteroatoms. The molecular formula is C9H13NO. The van der Waals surface area contributed by atoms with E-state index in [2.05, 4.69) is 17.8 Å². The maximum atomic E-state index is 9.33. The van der Waals surface area contributed by atoms with Gasteiger partial charge in [0.05, 0.1) is 0 Å². The molecule has 0 aliphatic heterocycles. The molecule has 0 saturated heterocycles. The van der Waals surface area contributed by atoms with Crippen molar-refractivity contribution < 1.29 is 5.11 Å². The highest BCUT2D eigenvalue weighted by atomic mass is 16.3. The van der Waals surface area contributed by atoms with E-state index < -0.39 is 5.60 Å². The Kier molecular flexibility index (Phi) is 3.43. The van der Waals surface area contributed by atoms with E-state index in [0.29, 0.717) is 0 Å². The highest BCUT2D eigenvalue weighted by molar-refractivity contribution is 5.20. The van der Waals surface area contributed by atoms with Gasteiger partial charge >= 0.3 is 0 Å². The summed E-state index contributed by atoms with van der Waals surface area (Å²) >= 11 is 0. The van der Waals surface area contributed by atoms with Crippen molar-refractivity contribution in [2.24, 2.45) is 0 Å². The lowest BCUT2D eigenvalue weighted by atomic mass is 10.1. The molecule has 0 aromatic heterocycles. The third-order valence-corrected chi connectivity index (χ3v) is 1.12. The van der Waals surface area contributed by atoms with E-state index in [1.54, 1.807) is 19.9 Å². The fourth-order valence-electron chi connectivity index (χ4n) is 0.666. The largest absolute Gasteiger partial charge is 0.374 e. The van der Waals surface area contributed by atoms with Gasteiger partial charge in [-0.3, -0.25) is 0 Å². The Hall–Kier alpha value is -1.20. The number of allylic oxidation sites excluding steroid dienone is 1. The van der Waals surface area contributed by atoms with Crippen molar-refractivity contribution in [3.05, 3.63) is 24.6 Å². The molecule has 0 amide bonds. The zero-order valence-electron chi connectivity index (χ0n) is 6.89. The van der Waals surface area contributed by atoms with Crippen LogP contribution in [0.4, 0.5) is 0 Å². The van der Waals surface area contributed by atoms with Crippen LogP contribution >= 0.6 is 0 Å². The summed E-state index contributed by atoms with van der Waals surface area (Å²) in [5.74, 6) is 2.24. The van der Waals surface area contributed by atoms with E-state index in [-0.39, 0.29) is 0 Å². The van der Waals surface area contributed by atoms with Crippen molar-refractivity contribution in [1.29, 1.82) is 0 Å². The predicted molar refractivity (Wildman–Crippen MR) is 46.5 cm³/mol. The molecule has 0 fully saturated rings. The van der Waals surface area contributed by atoms with E-state index in [1.807, 2.05) is 0 Å². The molecular weight excluding hydrogens is 138 g/mol. The topological polar surface area (TPSA) is 32.3 Å². The van der Waals surface area contributed by atoms with Gasteiger partial charge in [0.2, 0.25) is 0 Å². The van der Waals surface area contributed by atoms with Crippen LogP contribution in [0.1, 0.15) is 13.8 Å². The summed E-state index contributed by atoms with van der Waals surface area (Å²) in [5, 5.41) is 12.1. The van der Waals surface area contributed by atoms with E-state index in [1.165, 1.54) is 6.20 Å². The molecule has 0 aromatic rings. The smallest absolute Gasteiger partial charge is 0.143 e. The Bertz CT molecular complexity index is 208. The Morgan fingerprint density at radius 2 is 2.36 bits per heavy atom. The lowest BCUT2D eigenvalue weighted by Crippen LogP contribution is -2.19. The molecule has 0 rings (SSSR count). The normalized spacial score (nSPS) is 16.4. The first kappa shape index (κ1) is 9.80. The highest BCUT2D eigenvalue weighted by Crippen LogP contribution is 2.05. The molecule has 0 aliphatic rings. The first-order chi connectivity index (χ1) is 5.02. The second-order valence-corrected chi connectivity index (χ2v) is 2.47. The minimum atomic E-state index is -1.18. The molecule has 0 saturated carbocycles. The van der Waals surface area contributed by atoms with Crippen molar-refractivity contribution in [1.82, 2.24) is 5.32 Å². The lowest BCUT2D eigenvalue weighted by molar-refractivity contribution is 0.173. The number of hydrogen-bond donors (Lipinski definition) is 2. The molecule has 0 radical (unpaired) electrons. The highest BCUT2D eigenvalue weighted by Gasteiger charge is 2.11. The molecule has 0 aromatic carbocycles. The van der Waals surface area contributed by atoms with Crippen LogP contribution in [-0.2, 0) is 0 Å². The Balaban J connectivity index is 4.31. The summed E-state index contributed by atoms with van der Waals surface area (Å²) in [6.45, 7) is 6.81. The van der Waals surface area contributed by atoms with Crippen LogP contribution in [0.3, 0.4) is 0 Å². The minimum Gasteiger partial charge on any atom is -0.374 e. The lowest BCUT2D eigenvalue weighted by Gasteiger charge is -2.11. The van der Waals surface area contributed by atoms with Crippen LogP contribution in [0.15, 0.2) is 24.6 Å². The number of nitrogens with one attached hydrogen (secondary N) is 1. The van der Waals surface area contributed by atoms with Crippen LogP contribution < -0.4 is 5.32 Å². The van der Waals surface area contributed by atoms with Gasteiger partial charge in [-0.25, -0.2) is 0 Å². The van der Waals surface area contributed by atoms with Crippen molar-refractivity contribution in [2.75, 3.05) is 0 Å². The summed E-state index contributed by atoms with van der Waals surface area (Å²) in [5.41, 5.74) is -0.400. The van der Waals surface area contributed by atoms with Crippen LogP contribution in [0.25, 0.3) is 0 Å². The van der Waals surface area contributed by atoms with Gasteiger partial charge in [0, 0.05) is 5.70 Å². The maximum absolute atomic E-state index is 9.33. The van der Waals surface area contributed by atoms with Crippen LogP contribution in [0, 0.1) is 12.3 Å². The van der Waals surface area contributed by atoms with Crippen LogP contribution in [0.5, 0.6) is 0 Å². The SMILES string of the molecule is C#C[C@](C)(O)/C=C(\C)NC=C. The van der Waals surface area contributed by atoms with Crippen LogP contribution in [-0.4, -0.2) is 10.7 Å². The van der Waals surface area contributed by atoms with Gasteiger partial charge in [-0.1, -0.05) is 12.5 Å². The second-order valence-electron chi connectivity index (χ2n) is 2.47. The van der Waals surface area contributed by atoms with Crippen molar-refractivity contribution >= 4 is 0 Å². The van der Waals surface area contributed by atoms with E-state index in [4.69, 9.17) is 6.42 Å². The molecule has 2 nitrogen and oxygen atoms in total. The Labute approximate surface area is 67.6 Å². The zero-order chi connectivity index (χ0) is 8.91. The fourth-order valence-corrected chi connectivity index (χ4v) is 0.666. The quantitative estimate of drug-likeness (QED) is 0.590. The summed E-state index contributed by atoms with van der Waals surface area (Å²) in [7, 11) is 0. The average Bonchev–Trinajstić information content (AvgIpc) is 1.87. The van der Waals surface area contributed by atoms with Crippen LogP contribution in [0.2, 0.25) is 0 Å². The van der Waals surface area contributed by atoms with Gasteiger partial charge in [0.25, 0.3) is 0 Å². The van der Waals surface area contributed by atoms with Crippen molar-refractivity contribution in [3.63, 3.8) is 0 Å². The molecule has 2 N–H and O–H groups in total. The standard InChI is InChI=1S/C9H13NO/c1-5-9(4,11)7-8(3)10-6-2/h1,6-7,10-11H,2H2,3-4H3/b8-7+/t9-/m0/s1. The minimum absolute atomic E-state index is 0.781. The van der Waals surface area contributed by atoms with Gasteiger partial charge in [0.15, 0.2) is 0 Å². The number of hydrogen-bond acceptors (Lipinski definition) is 2. The van der Waals surface area contributed by atoms with E-state index in [9.17, 15) is 5.11 Å². The second kappa shape index (κ2) is 3.85. The zero-order valence-corrected chi connectivity index (χ0v) is 6.89. The fraction of sp³-hybridized carbons (Fsp3) is 0.333. The molecule has 60 valence electrons. The summed E-state index contributed by atoms with van der Waals surface area (Å²) in [6.07, 6.45) is 8.13. The van der Waals surface area contributed by atoms with E-state index >= 15 is 0 Å².